The van der Waals surface area contributed by atoms with Gasteiger partial charge in [-0.2, -0.15) is 0 Å². The van der Waals surface area contributed by atoms with Crippen molar-refractivity contribution in [2.24, 2.45) is 0 Å². The fourth-order valence-electron chi connectivity index (χ4n) is 3.99. The van der Waals surface area contributed by atoms with E-state index in [9.17, 15) is 9.59 Å². The number of hydrogen-bond donors (Lipinski definition) is 2. The molecule has 2 N–H and O–H groups in total. The lowest BCUT2D eigenvalue weighted by Crippen LogP contribution is -2.37. The summed E-state index contributed by atoms with van der Waals surface area (Å²) in [5.74, 6) is 0.547. The maximum Gasteiger partial charge on any atom is 0.268 e. The van der Waals surface area contributed by atoms with Crippen molar-refractivity contribution in [1.29, 1.82) is 0 Å². The lowest BCUT2D eigenvalue weighted by Gasteiger charge is -2.26. The minimum Gasteiger partial charge on any atom is -0.493 e. The number of amides is 2. The maximum atomic E-state index is 13.3. The van der Waals surface area contributed by atoms with Crippen LogP contribution in [0.15, 0.2) is 71.0 Å². The van der Waals surface area contributed by atoms with E-state index in [2.05, 4.69) is 16.7 Å². The molecule has 170 valence electrons. The van der Waals surface area contributed by atoms with Gasteiger partial charge >= 0.3 is 0 Å². The fourth-order valence-corrected chi connectivity index (χ4v) is 3.99. The zero-order valence-corrected chi connectivity index (χ0v) is 18.6. The second-order valence-electron chi connectivity index (χ2n) is 7.71. The van der Waals surface area contributed by atoms with Gasteiger partial charge in [0.25, 0.3) is 11.8 Å². The van der Waals surface area contributed by atoms with E-state index in [4.69, 9.17) is 13.9 Å². The third-order valence-electron chi connectivity index (χ3n) is 5.64. The molecule has 1 aliphatic rings. The number of rotatable bonds is 7. The van der Waals surface area contributed by atoms with Gasteiger partial charge in [0.1, 0.15) is 11.5 Å². The van der Waals surface area contributed by atoms with Crippen LogP contribution in [-0.4, -0.2) is 26.0 Å². The fraction of sp³-hybridized carbons (Fsp3) is 0.231. The van der Waals surface area contributed by atoms with Gasteiger partial charge in [-0.25, -0.2) is 0 Å². The Bertz CT molecular complexity index is 1170. The van der Waals surface area contributed by atoms with E-state index in [-0.39, 0.29) is 17.6 Å². The van der Waals surface area contributed by atoms with E-state index in [1.54, 1.807) is 30.3 Å². The average Bonchev–Trinajstić information content (AvgIpc) is 3.36. The molecule has 1 aliphatic carbocycles. The van der Waals surface area contributed by atoms with E-state index < -0.39 is 5.91 Å². The van der Waals surface area contributed by atoms with Gasteiger partial charge in [0.2, 0.25) is 0 Å². The molecule has 0 saturated heterocycles. The molecule has 4 rings (SSSR count). The highest BCUT2D eigenvalue weighted by Crippen LogP contribution is 2.30. The summed E-state index contributed by atoms with van der Waals surface area (Å²) in [6.45, 7) is 0. The zero-order valence-electron chi connectivity index (χ0n) is 18.6. The first-order valence-corrected chi connectivity index (χ1v) is 10.8. The molecule has 0 aliphatic heterocycles. The van der Waals surface area contributed by atoms with Crippen molar-refractivity contribution < 1.29 is 23.5 Å². The molecule has 0 fully saturated rings. The Kier molecular flexibility index (Phi) is 6.78. The molecule has 2 amide bonds. The van der Waals surface area contributed by atoms with Gasteiger partial charge in [-0.15, -0.1) is 0 Å². The number of methoxy groups -OCH3 is 2. The van der Waals surface area contributed by atoms with Crippen LogP contribution in [0, 0.1) is 0 Å². The van der Waals surface area contributed by atoms with Crippen LogP contribution in [0.25, 0.3) is 6.08 Å². The Morgan fingerprint density at radius 1 is 1.03 bits per heavy atom. The number of ether oxygens (including phenoxy) is 2. The summed E-state index contributed by atoms with van der Waals surface area (Å²) in [6, 6.07) is 16.2. The Morgan fingerprint density at radius 2 is 1.85 bits per heavy atom. The van der Waals surface area contributed by atoms with E-state index in [1.165, 1.54) is 32.1 Å². The Labute approximate surface area is 192 Å². The van der Waals surface area contributed by atoms with Crippen LogP contribution in [-0.2, 0) is 11.2 Å². The molecular formula is C26H26N2O5. The highest BCUT2D eigenvalue weighted by Gasteiger charge is 2.24. The van der Waals surface area contributed by atoms with E-state index >= 15 is 0 Å². The molecule has 0 saturated carbocycles. The lowest BCUT2D eigenvalue weighted by molar-refractivity contribution is -0.118. The highest BCUT2D eigenvalue weighted by molar-refractivity contribution is 6.05. The van der Waals surface area contributed by atoms with E-state index in [1.807, 2.05) is 18.2 Å². The van der Waals surface area contributed by atoms with Crippen LogP contribution in [0.3, 0.4) is 0 Å². The first-order valence-electron chi connectivity index (χ1n) is 10.8. The second-order valence-corrected chi connectivity index (χ2v) is 7.71. The Hall–Kier alpha value is -4.00. The van der Waals surface area contributed by atoms with Crippen molar-refractivity contribution in [2.45, 2.75) is 25.3 Å². The van der Waals surface area contributed by atoms with Crippen molar-refractivity contribution in [1.82, 2.24) is 10.6 Å². The van der Waals surface area contributed by atoms with Crippen molar-refractivity contribution in [3.8, 4) is 11.5 Å². The quantitative estimate of drug-likeness (QED) is 0.530. The monoisotopic (exact) mass is 446 g/mol. The predicted octanol–water partition coefficient (Wildman–Crippen LogP) is 4.26. The molecule has 3 aromatic rings. The minimum absolute atomic E-state index is 0.0905. The van der Waals surface area contributed by atoms with Gasteiger partial charge < -0.3 is 24.5 Å². The lowest BCUT2D eigenvalue weighted by atomic mass is 9.87. The van der Waals surface area contributed by atoms with Crippen LogP contribution in [0.1, 0.15) is 46.1 Å². The van der Waals surface area contributed by atoms with Crippen LogP contribution in [0.2, 0.25) is 0 Å². The molecule has 0 unspecified atom stereocenters. The molecule has 33 heavy (non-hydrogen) atoms. The van der Waals surface area contributed by atoms with Crippen molar-refractivity contribution in [3.05, 3.63) is 89.0 Å². The summed E-state index contributed by atoms with van der Waals surface area (Å²) in [7, 11) is 3.02. The number of nitrogens with one attached hydrogen (secondary N) is 2. The minimum atomic E-state index is -0.451. The van der Waals surface area contributed by atoms with E-state index in [0.717, 1.165) is 24.8 Å². The number of aryl methyl sites for hydroxylation is 1. The summed E-state index contributed by atoms with van der Waals surface area (Å²) < 4.78 is 15.9. The first-order chi connectivity index (χ1) is 16.1. The molecule has 1 heterocycles. The van der Waals surface area contributed by atoms with Crippen LogP contribution in [0.5, 0.6) is 11.5 Å². The van der Waals surface area contributed by atoms with Gasteiger partial charge in [-0.1, -0.05) is 24.3 Å². The molecule has 7 nitrogen and oxygen atoms in total. The second kappa shape index (κ2) is 10.1. The summed E-state index contributed by atoms with van der Waals surface area (Å²) in [5.41, 5.74) is 2.77. The molecule has 0 radical (unpaired) electrons. The Morgan fingerprint density at radius 3 is 2.61 bits per heavy atom. The summed E-state index contributed by atoms with van der Waals surface area (Å²) >= 11 is 0. The number of carbonyl (C=O) groups excluding carboxylic acids is 2. The molecule has 1 atom stereocenters. The topological polar surface area (TPSA) is 89.8 Å². The summed E-state index contributed by atoms with van der Waals surface area (Å²) in [6.07, 6.45) is 5.84. The normalized spacial score (nSPS) is 15.3. The number of benzene rings is 2. The molecule has 1 aromatic heterocycles. The van der Waals surface area contributed by atoms with E-state index in [0.29, 0.717) is 22.8 Å². The number of carbonyl (C=O) groups is 2. The largest absolute Gasteiger partial charge is 0.493 e. The molecular weight excluding hydrogens is 420 g/mol. The smallest absolute Gasteiger partial charge is 0.268 e. The SMILES string of the molecule is COc1ccc(C(=O)N/C(=C\c2ccco2)C(=O)N[C@H]2CCCc3ccccc32)cc1OC. The third-order valence-corrected chi connectivity index (χ3v) is 5.64. The van der Waals surface area contributed by atoms with Gasteiger partial charge in [-0.05, 0) is 60.7 Å². The highest BCUT2D eigenvalue weighted by atomic mass is 16.5. The number of furan rings is 1. The molecule has 7 heteroatoms. The number of fused-ring (bicyclic) bond motifs is 1. The van der Waals surface area contributed by atoms with Gasteiger partial charge in [0.15, 0.2) is 11.5 Å². The average molecular weight is 447 g/mol. The Balaban J connectivity index is 1.57. The van der Waals surface area contributed by atoms with Gasteiger partial charge in [-0.3, -0.25) is 9.59 Å². The van der Waals surface area contributed by atoms with Crippen molar-refractivity contribution >= 4 is 17.9 Å². The first kappa shape index (κ1) is 22.2. The summed E-state index contributed by atoms with van der Waals surface area (Å²) in [5, 5.41) is 5.80. The van der Waals surface area contributed by atoms with Crippen molar-refractivity contribution in [2.75, 3.05) is 14.2 Å². The van der Waals surface area contributed by atoms with Crippen LogP contribution in [0.4, 0.5) is 0 Å². The molecule has 0 spiro atoms. The van der Waals surface area contributed by atoms with Crippen LogP contribution >= 0.6 is 0 Å². The third kappa shape index (κ3) is 5.09. The maximum absolute atomic E-state index is 13.3. The standard InChI is InChI=1S/C26H26N2O5/c1-31-23-13-12-18(15-24(23)32-2)25(29)28-22(16-19-9-6-14-33-19)26(30)27-21-11-5-8-17-7-3-4-10-20(17)21/h3-4,6-7,9-10,12-16,21H,5,8,11H2,1-2H3,(H,27,30)(H,28,29)/b22-16-/t21-/m0/s1. The van der Waals surface area contributed by atoms with Crippen LogP contribution < -0.4 is 20.1 Å². The predicted molar refractivity (Wildman–Crippen MR) is 124 cm³/mol. The molecule has 0 bridgehead atoms. The zero-order chi connectivity index (χ0) is 23.2. The van der Waals surface area contributed by atoms with Gasteiger partial charge in [0, 0.05) is 11.6 Å². The van der Waals surface area contributed by atoms with Gasteiger partial charge in [0.05, 0.1) is 26.5 Å². The number of hydrogen-bond acceptors (Lipinski definition) is 5. The summed E-state index contributed by atoms with van der Waals surface area (Å²) in [4.78, 5) is 26.2. The molecule has 2 aromatic carbocycles. The van der Waals surface area contributed by atoms with Crippen molar-refractivity contribution in [3.63, 3.8) is 0 Å².